The highest BCUT2D eigenvalue weighted by molar-refractivity contribution is 8.93. The van der Waals surface area contributed by atoms with Gasteiger partial charge in [0.05, 0.1) is 6.54 Å². The van der Waals surface area contributed by atoms with Crippen LogP contribution in [0, 0.1) is 0 Å². The second-order valence-corrected chi connectivity index (χ2v) is 2.73. The first kappa shape index (κ1) is 10.1. The maximum Gasteiger partial charge on any atom is 0.195 e. The maximum atomic E-state index is 5.69. The zero-order valence-electron chi connectivity index (χ0n) is 7.18. The molecule has 0 saturated heterocycles. The Balaban J connectivity index is 0.000000845. The molecule has 1 aliphatic rings. The maximum absolute atomic E-state index is 5.69. The Kier molecular flexibility index (Phi) is 3.31. The lowest BCUT2D eigenvalue weighted by Gasteiger charge is -2.16. The largest absolute Gasteiger partial charge is 0.370 e. The van der Waals surface area contributed by atoms with Crippen LogP contribution in [0.4, 0.5) is 5.69 Å². The predicted molar refractivity (Wildman–Crippen MR) is 60.6 cm³/mol. The fraction of sp³-hybridized carbons (Fsp3) is 0.222. The minimum atomic E-state index is 0. The summed E-state index contributed by atoms with van der Waals surface area (Å²) in [6.45, 7) is 1.70. The summed E-state index contributed by atoms with van der Waals surface area (Å²) in [6, 6.07) is 10.1. The van der Waals surface area contributed by atoms with E-state index in [-0.39, 0.29) is 17.0 Å². The summed E-state index contributed by atoms with van der Waals surface area (Å²) in [5.74, 6) is 0.626. The molecule has 1 aliphatic heterocycles. The van der Waals surface area contributed by atoms with E-state index in [1.165, 1.54) is 0 Å². The van der Waals surface area contributed by atoms with Crippen molar-refractivity contribution in [3.8, 4) is 0 Å². The quantitative estimate of drug-likeness (QED) is 0.808. The van der Waals surface area contributed by atoms with E-state index >= 15 is 0 Å². The molecule has 0 fully saturated rings. The summed E-state index contributed by atoms with van der Waals surface area (Å²) in [7, 11) is 0. The van der Waals surface area contributed by atoms with Crippen molar-refractivity contribution in [2.75, 3.05) is 18.0 Å². The van der Waals surface area contributed by atoms with Gasteiger partial charge in [0.1, 0.15) is 0 Å². The number of guanidine groups is 1. The summed E-state index contributed by atoms with van der Waals surface area (Å²) in [6.07, 6.45) is 0. The molecular weight excluding hydrogens is 230 g/mol. The number of aliphatic imine (C=N–C) groups is 1. The Morgan fingerprint density at radius 1 is 1.23 bits per heavy atom. The van der Waals surface area contributed by atoms with E-state index in [0.717, 1.165) is 18.8 Å². The SMILES string of the molecule is Br.NC1=NCCN1c1ccccc1. The van der Waals surface area contributed by atoms with Crippen LogP contribution in [0.25, 0.3) is 0 Å². The number of hydrogen-bond donors (Lipinski definition) is 1. The molecule has 0 radical (unpaired) electrons. The molecule has 0 spiro atoms. The first-order valence-corrected chi connectivity index (χ1v) is 4.00. The first-order chi connectivity index (χ1) is 5.88. The van der Waals surface area contributed by atoms with Crippen LogP contribution in [0.2, 0.25) is 0 Å². The highest BCUT2D eigenvalue weighted by atomic mass is 79.9. The number of rotatable bonds is 1. The fourth-order valence-electron chi connectivity index (χ4n) is 1.33. The van der Waals surface area contributed by atoms with Gasteiger partial charge in [-0.25, -0.2) is 0 Å². The second-order valence-electron chi connectivity index (χ2n) is 2.73. The van der Waals surface area contributed by atoms with E-state index in [4.69, 9.17) is 5.73 Å². The minimum Gasteiger partial charge on any atom is -0.370 e. The molecule has 0 amide bonds. The average Bonchev–Trinajstić information content (AvgIpc) is 2.53. The van der Waals surface area contributed by atoms with Gasteiger partial charge in [-0.15, -0.1) is 17.0 Å². The van der Waals surface area contributed by atoms with E-state index < -0.39 is 0 Å². The van der Waals surface area contributed by atoms with Gasteiger partial charge in [0.15, 0.2) is 5.96 Å². The van der Waals surface area contributed by atoms with Gasteiger partial charge in [-0.2, -0.15) is 0 Å². The van der Waals surface area contributed by atoms with Crippen molar-refractivity contribution in [3.05, 3.63) is 30.3 Å². The van der Waals surface area contributed by atoms with Gasteiger partial charge in [-0.3, -0.25) is 4.99 Å². The van der Waals surface area contributed by atoms with Crippen LogP contribution < -0.4 is 10.6 Å². The van der Waals surface area contributed by atoms with Gasteiger partial charge < -0.3 is 10.6 Å². The van der Waals surface area contributed by atoms with Crippen LogP contribution >= 0.6 is 17.0 Å². The number of hydrogen-bond acceptors (Lipinski definition) is 3. The number of para-hydroxylation sites is 1. The first-order valence-electron chi connectivity index (χ1n) is 4.00. The molecule has 0 bridgehead atoms. The summed E-state index contributed by atoms with van der Waals surface area (Å²) in [4.78, 5) is 6.13. The normalized spacial score (nSPS) is 15.1. The fourth-order valence-corrected chi connectivity index (χ4v) is 1.33. The molecule has 2 rings (SSSR count). The summed E-state index contributed by atoms with van der Waals surface area (Å²) < 4.78 is 0. The smallest absolute Gasteiger partial charge is 0.195 e. The van der Waals surface area contributed by atoms with E-state index in [1.807, 2.05) is 35.2 Å². The highest BCUT2D eigenvalue weighted by Gasteiger charge is 2.14. The standard InChI is InChI=1S/C9H11N3.BrH/c10-9-11-6-7-12(9)8-4-2-1-3-5-8;/h1-5H,6-7H2,(H2,10,11);1H. The lowest BCUT2D eigenvalue weighted by Crippen LogP contribution is -2.33. The molecule has 0 aromatic heterocycles. The molecule has 3 nitrogen and oxygen atoms in total. The van der Waals surface area contributed by atoms with Crippen LogP contribution in [0.3, 0.4) is 0 Å². The van der Waals surface area contributed by atoms with Crippen molar-refractivity contribution < 1.29 is 0 Å². The molecule has 13 heavy (non-hydrogen) atoms. The predicted octanol–water partition coefficient (Wildman–Crippen LogP) is 1.40. The third-order valence-electron chi connectivity index (χ3n) is 1.94. The Bertz CT molecular complexity index is 297. The molecule has 1 aromatic carbocycles. The second kappa shape index (κ2) is 4.28. The van der Waals surface area contributed by atoms with E-state index in [2.05, 4.69) is 4.99 Å². The Morgan fingerprint density at radius 2 is 1.92 bits per heavy atom. The van der Waals surface area contributed by atoms with Crippen LogP contribution in [0.1, 0.15) is 0 Å². The Hall–Kier alpha value is -1.03. The number of anilines is 1. The number of nitrogens with zero attached hydrogens (tertiary/aromatic N) is 2. The number of halogens is 1. The average molecular weight is 242 g/mol. The Labute approximate surface area is 88.0 Å². The molecule has 70 valence electrons. The van der Waals surface area contributed by atoms with Crippen molar-refractivity contribution in [2.45, 2.75) is 0 Å². The number of benzene rings is 1. The molecule has 4 heteroatoms. The molecule has 0 atom stereocenters. The lowest BCUT2D eigenvalue weighted by molar-refractivity contribution is 1.02. The van der Waals surface area contributed by atoms with E-state index in [1.54, 1.807) is 0 Å². The molecular formula is C9H12BrN3. The molecule has 1 heterocycles. The zero-order valence-corrected chi connectivity index (χ0v) is 8.89. The van der Waals surface area contributed by atoms with E-state index in [0.29, 0.717) is 5.96 Å². The molecule has 2 N–H and O–H groups in total. The number of nitrogens with two attached hydrogens (primary N) is 1. The van der Waals surface area contributed by atoms with Crippen LogP contribution in [-0.2, 0) is 0 Å². The van der Waals surface area contributed by atoms with Gasteiger partial charge in [0.25, 0.3) is 0 Å². The van der Waals surface area contributed by atoms with Crippen LogP contribution in [-0.4, -0.2) is 19.0 Å². The van der Waals surface area contributed by atoms with Gasteiger partial charge in [0.2, 0.25) is 0 Å². The van der Waals surface area contributed by atoms with E-state index in [9.17, 15) is 0 Å². The highest BCUT2D eigenvalue weighted by Crippen LogP contribution is 2.14. The van der Waals surface area contributed by atoms with Gasteiger partial charge >= 0.3 is 0 Å². The van der Waals surface area contributed by atoms with Crippen molar-refractivity contribution in [3.63, 3.8) is 0 Å². The van der Waals surface area contributed by atoms with Crippen molar-refractivity contribution in [2.24, 2.45) is 10.7 Å². The third-order valence-corrected chi connectivity index (χ3v) is 1.94. The van der Waals surface area contributed by atoms with Crippen LogP contribution in [0.5, 0.6) is 0 Å². The molecule has 0 unspecified atom stereocenters. The van der Waals surface area contributed by atoms with Crippen molar-refractivity contribution in [1.82, 2.24) is 0 Å². The van der Waals surface area contributed by atoms with Crippen molar-refractivity contribution >= 4 is 28.6 Å². The van der Waals surface area contributed by atoms with Gasteiger partial charge in [-0.05, 0) is 12.1 Å². The summed E-state index contributed by atoms with van der Waals surface area (Å²) in [5.41, 5.74) is 6.81. The monoisotopic (exact) mass is 241 g/mol. The topological polar surface area (TPSA) is 41.6 Å². The lowest BCUT2D eigenvalue weighted by atomic mass is 10.3. The molecule has 0 aliphatic carbocycles. The Morgan fingerprint density at radius 3 is 2.46 bits per heavy atom. The third kappa shape index (κ3) is 2.01. The zero-order chi connectivity index (χ0) is 8.39. The van der Waals surface area contributed by atoms with Crippen LogP contribution in [0.15, 0.2) is 35.3 Å². The van der Waals surface area contributed by atoms with Gasteiger partial charge in [0, 0.05) is 12.2 Å². The molecule has 0 saturated carbocycles. The molecule has 1 aromatic rings. The summed E-state index contributed by atoms with van der Waals surface area (Å²) in [5, 5.41) is 0. The minimum absolute atomic E-state index is 0. The summed E-state index contributed by atoms with van der Waals surface area (Å²) >= 11 is 0. The van der Waals surface area contributed by atoms with Crippen molar-refractivity contribution in [1.29, 1.82) is 0 Å². The van der Waals surface area contributed by atoms with Gasteiger partial charge in [-0.1, -0.05) is 18.2 Å².